The fourth-order valence-electron chi connectivity index (χ4n) is 3.17. The molecule has 29 heavy (non-hydrogen) atoms. The van der Waals surface area contributed by atoms with Crippen molar-refractivity contribution in [3.8, 4) is 0 Å². The molecule has 2 aromatic carbocycles. The highest BCUT2D eigenvalue weighted by Crippen LogP contribution is 2.30. The highest BCUT2D eigenvalue weighted by Gasteiger charge is 2.30. The molecule has 0 radical (unpaired) electrons. The fourth-order valence-corrected chi connectivity index (χ4v) is 3.17. The summed E-state index contributed by atoms with van der Waals surface area (Å²) >= 11 is 0. The van der Waals surface area contributed by atoms with Gasteiger partial charge in [-0.2, -0.15) is 13.2 Å². The minimum Gasteiger partial charge on any atom is -0.376 e. The second-order valence-corrected chi connectivity index (χ2v) is 6.91. The number of carbonyl (C=O) groups excluding carboxylic acids is 2. The van der Waals surface area contributed by atoms with E-state index in [0.717, 1.165) is 43.6 Å². The third kappa shape index (κ3) is 5.73. The summed E-state index contributed by atoms with van der Waals surface area (Å²) in [5.41, 5.74) is 0.804. The smallest absolute Gasteiger partial charge is 0.376 e. The van der Waals surface area contributed by atoms with Crippen LogP contribution in [0.5, 0.6) is 0 Å². The lowest BCUT2D eigenvalue weighted by molar-refractivity contribution is -0.137. The molecule has 5 nitrogen and oxygen atoms in total. The van der Waals surface area contributed by atoms with Crippen molar-refractivity contribution in [2.75, 3.05) is 25.0 Å². The number of hydrogen-bond donors (Lipinski definition) is 2. The van der Waals surface area contributed by atoms with Crippen LogP contribution in [0.1, 0.15) is 34.3 Å². The van der Waals surface area contributed by atoms with Crippen LogP contribution in [-0.2, 0) is 17.5 Å². The average molecular weight is 405 g/mol. The van der Waals surface area contributed by atoms with Gasteiger partial charge >= 0.3 is 6.18 Å². The quantitative estimate of drug-likeness (QED) is 0.771. The van der Waals surface area contributed by atoms with Gasteiger partial charge in [0.15, 0.2) is 0 Å². The topological polar surface area (TPSA) is 61.4 Å². The molecule has 1 aliphatic rings. The van der Waals surface area contributed by atoms with Crippen LogP contribution in [0.25, 0.3) is 0 Å². The highest BCUT2D eigenvalue weighted by atomic mass is 19.4. The molecule has 0 aromatic heterocycles. The first kappa shape index (κ1) is 20.7. The molecule has 0 spiro atoms. The van der Waals surface area contributed by atoms with Gasteiger partial charge in [0, 0.05) is 30.9 Å². The summed E-state index contributed by atoms with van der Waals surface area (Å²) in [6.07, 6.45) is -2.40. The number of halogens is 3. The van der Waals surface area contributed by atoms with Crippen molar-refractivity contribution in [3.63, 3.8) is 0 Å². The maximum absolute atomic E-state index is 12.7. The lowest BCUT2D eigenvalue weighted by Gasteiger charge is -2.16. The first-order valence-corrected chi connectivity index (χ1v) is 9.39. The number of alkyl halides is 3. The predicted molar refractivity (Wildman–Crippen MR) is 103 cm³/mol. The van der Waals surface area contributed by atoms with Crippen LogP contribution in [0.3, 0.4) is 0 Å². The molecule has 1 fully saturated rings. The molecule has 0 saturated carbocycles. The zero-order chi connectivity index (χ0) is 20.9. The number of carbonyl (C=O) groups is 2. The van der Waals surface area contributed by atoms with E-state index in [2.05, 4.69) is 10.6 Å². The zero-order valence-corrected chi connectivity index (χ0v) is 15.8. The number of benzene rings is 2. The minimum atomic E-state index is -4.43. The Morgan fingerprint density at radius 2 is 1.72 bits per heavy atom. The van der Waals surface area contributed by atoms with Crippen molar-refractivity contribution in [1.29, 1.82) is 0 Å². The maximum atomic E-state index is 12.7. The van der Waals surface area contributed by atoms with Gasteiger partial charge in [-0.15, -0.1) is 0 Å². The van der Waals surface area contributed by atoms with Gasteiger partial charge in [0.05, 0.1) is 12.1 Å². The third-order valence-electron chi connectivity index (χ3n) is 4.70. The van der Waals surface area contributed by atoms with Gasteiger partial charge in [-0.3, -0.25) is 9.59 Å². The van der Waals surface area contributed by atoms with Crippen LogP contribution >= 0.6 is 0 Å². The van der Waals surface area contributed by atoms with E-state index >= 15 is 0 Å². The highest BCUT2D eigenvalue weighted by molar-refractivity contribution is 5.94. The molecule has 154 valence electrons. The minimum absolute atomic E-state index is 0.0121. The summed E-state index contributed by atoms with van der Waals surface area (Å²) in [6, 6.07) is 11.8. The lowest BCUT2D eigenvalue weighted by Crippen LogP contribution is -2.30. The third-order valence-corrected chi connectivity index (χ3v) is 4.70. The van der Waals surface area contributed by atoms with E-state index in [1.54, 1.807) is 24.3 Å². The molecule has 0 bridgehead atoms. The molecule has 1 aliphatic heterocycles. The average Bonchev–Trinajstić information content (AvgIpc) is 3.25. The number of anilines is 1. The monoisotopic (exact) mass is 405 g/mol. The predicted octanol–water partition coefficient (Wildman–Crippen LogP) is 3.67. The van der Waals surface area contributed by atoms with Gasteiger partial charge in [-0.05, 0) is 48.7 Å². The Labute approximate surface area is 166 Å². The molecule has 2 N–H and O–H groups in total. The van der Waals surface area contributed by atoms with Crippen molar-refractivity contribution in [3.05, 3.63) is 65.2 Å². The van der Waals surface area contributed by atoms with Gasteiger partial charge in [0.25, 0.3) is 5.91 Å². The van der Waals surface area contributed by atoms with Gasteiger partial charge in [0.1, 0.15) is 0 Å². The van der Waals surface area contributed by atoms with Crippen LogP contribution < -0.4 is 10.6 Å². The molecule has 1 heterocycles. The first-order valence-electron chi connectivity index (χ1n) is 9.39. The number of likely N-dealkylation sites (tertiary alicyclic amines) is 1. The second kappa shape index (κ2) is 8.98. The molecule has 2 amide bonds. The molecular weight excluding hydrogens is 383 g/mol. The Morgan fingerprint density at radius 1 is 1.00 bits per heavy atom. The largest absolute Gasteiger partial charge is 0.416 e. The summed E-state index contributed by atoms with van der Waals surface area (Å²) in [5, 5.41) is 5.39. The van der Waals surface area contributed by atoms with Gasteiger partial charge in [-0.1, -0.05) is 18.2 Å². The van der Waals surface area contributed by atoms with Gasteiger partial charge in [-0.25, -0.2) is 0 Å². The van der Waals surface area contributed by atoms with Crippen molar-refractivity contribution in [1.82, 2.24) is 10.2 Å². The Bertz CT molecular complexity index is 877. The zero-order valence-electron chi connectivity index (χ0n) is 15.8. The van der Waals surface area contributed by atoms with E-state index in [1.165, 1.54) is 12.1 Å². The molecule has 1 saturated heterocycles. The molecule has 0 atom stereocenters. The van der Waals surface area contributed by atoms with E-state index in [-0.39, 0.29) is 30.6 Å². The number of nitrogens with zero attached hydrogens (tertiary/aromatic N) is 1. The van der Waals surface area contributed by atoms with E-state index in [0.29, 0.717) is 5.56 Å². The molecule has 0 aliphatic carbocycles. The number of amides is 2. The lowest BCUT2D eigenvalue weighted by atomic mass is 10.1. The molecular formula is C21H22F3N3O2. The summed E-state index contributed by atoms with van der Waals surface area (Å²) in [5.74, 6) is -0.374. The maximum Gasteiger partial charge on any atom is 0.416 e. The van der Waals surface area contributed by atoms with E-state index in [1.807, 2.05) is 4.90 Å². The molecule has 3 rings (SSSR count). The normalized spacial score (nSPS) is 14.0. The van der Waals surface area contributed by atoms with Crippen molar-refractivity contribution < 1.29 is 22.8 Å². The van der Waals surface area contributed by atoms with Crippen LogP contribution in [0, 0.1) is 0 Å². The Morgan fingerprint density at radius 3 is 2.45 bits per heavy atom. The summed E-state index contributed by atoms with van der Waals surface area (Å²) in [7, 11) is 0. The SMILES string of the molecule is O=C(CNc1cccc(C(F)(F)F)c1)NCc1cccc(C(=O)N2CCCC2)c1. The van der Waals surface area contributed by atoms with Crippen LogP contribution in [0.15, 0.2) is 48.5 Å². The van der Waals surface area contributed by atoms with Gasteiger partial charge in [0.2, 0.25) is 5.91 Å². The first-order chi connectivity index (χ1) is 13.8. The van der Waals surface area contributed by atoms with Crippen molar-refractivity contribution in [2.45, 2.75) is 25.6 Å². The summed E-state index contributed by atoms with van der Waals surface area (Å²) in [4.78, 5) is 26.3. The van der Waals surface area contributed by atoms with E-state index in [9.17, 15) is 22.8 Å². The Kier molecular flexibility index (Phi) is 6.41. The fraction of sp³-hybridized carbons (Fsp3) is 0.333. The van der Waals surface area contributed by atoms with E-state index in [4.69, 9.17) is 0 Å². The summed E-state index contributed by atoms with van der Waals surface area (Å²) in [6.45, 7) is 1.60. The summed E-state index contributed by atoms with van der Waals surface area (Å²) < 4.78 is 38.2. The van der Waals surface area contributed by atoms with Crippen molar-refractivity contribution >= 4 is 17.5 Å². The standard InChI is InChI=1S/C21H22F3N3O2/c22-21(23,24)17-7-4-8-18(12-17)25-14-19(28)26-13-15-5-3-6-16(11-15)20(29)27-9-1-2-10-27/h3-8,11-12,25H,1-2,9-10,13-14H2,(H,26,28). The number of rotatable bonds is 6. The second-order valence-electron chi connectivity index (χ2n) is 6.91. The van der Waals surface area contributed by atoms with Gasteiger partial charge < -0.3 is 15.5 Å². The van der Waals surface area contributed by atoms with Crippen LogP contribution in [0.2, 0.25) is 0 Å². The van der Waals surface area contributed by atoms with Crippen LogP contribution in [0.4, 0.5) is 18.9 Å². The molecule has 8 heteroatoms. The number of nitrogens with one attached hydrogen (secondary N) is 2. The number of hydrogen-bond acceptors (Lipinski definition) is 3. The van der Waals surface area contributed by atoms with Crippen LogP contribution in [-0.4, -0.2) is 36.3 Å². The Balaban J connectivity index is 1.51. The Hall–Kier alpha value is -3.03. The molecule has 2 aromatic rings. The molecule has 0 unspecified atom stereocenters. The van der Waals surface area contributed by atoms with Crippen molar-refractivity contribution in [2.24, 2.45) is 0 Å². The van der Waals surface area contributed by atoms with E-state index < -0.39 is 11.7 Å².